The second-order valence-electron chi connectivity index (χ2n) is 5.67. The van der Waals surface area contributed by atoms with Crippen molar-refractivity contribution < 1.29 is 9.18 Å². The van der Waals surface area contributed by atoms with Crippen molar-refractivity contribution in [3.8, 4) is 0 Å². The Hall–Kier alpha value is -2.82. The fourth-order valence-corrected chi connectivity index (χ4v) is 2.72. The van der Waals surface area contributed by atoms with Crippen molar-refractivity contribution in [1.29, 1.82) is 0 Å². The number of hydrogen-bond acceptors (Lipinski definition) is 1. The molecule has 3 rings (SSSR count). The molecule has 0 atom stereocenters. The number of carbonyl (C=O) groups is 1. The molecule has 0 radical (unpaired) electrons. The maximum Gasteiger partial charge on any atom is 0.314 e. The molecular weight excluding hydrogens is 305 g/mol. The number of aromatic amines is 1. The van der Waals surface area contributed by atoms with Gasteiger partial charge in [-0.15, -0.1) is 0 Å². The van der Waals surface area contributed by atoms with E-state index in [9.17, 15) is 9.18 Å². The standard InChI is InChI=1S/C19H20FN3O/c20-16-5-3-4-14(12-16)8-10-21-19(24)22-11-9-15-13-23-18-7-2-1-6-17(15)18/h1-7,12-13,23H,8-11H2,(H2,21,22,24). The smallest absolute Gasteiger partial charge is 0.314 e. The average molecular weight is 325 g/mol. The minimum absolute atomic E-state index is 0.203. The van der Waals surface area contributed by atoms with Gasteiger partial charge in [-0.05, 0) is 42.2 Å². The molecule has 0 aliphatic heterocycles. The fourth-order valence-electron chi connectivity index (χ4n) is 2.72. The van der Waals surface area contributed by atoms with Gasteiger partial charge in [0.05, 0.1) is 0 Å². The lowest BCUT2D eigenvalue weighted by Gasteiger charge is -2.07. The molecule has 124 valence electrons. The van der Waals surface area contributed by atoms with Crippen LogP contribution in [0.4, 0.5) is 9.18 Å². The molecule has 0 aliphatic rings. The molecule has 1 heterocycles. The topological polar surface area (TPSA) is 56.9 Å². The molecule has 0 spiro atoms. The van der Waals surface area contributed by atoms with Crippen LogP contribution in [-0.2, 0) is 12.8 Å². The van der Waals surface area contributed by atoms with E-state index in [1.54, 1.807) is 6.07 Å². The molecule has 3 aromatic rings. The van der Waals surface area contributed by atoms with Crippen LogP contribution < -0.4 is 10.6 Å². The monoisotopic (exact) mass is 325 g/mol. The number of rotatable bonds is 6. The van der Waals surface area contributed by atoms with Gasteiger partial charge in [-0.3, -0.25) is 0 Å². The summed E-state index contributed by atoms with van der Waals surface area (Å²) in [7, 11) is 0. The first-order chi connectivity index (χ1) is 11.7. The van der Waals surface area contributed by atoms with Crippen LogP contribution in [0, 0.1) is 5.82 Å². The number of benzene rings is 2. The third-order valence-corrected chi connectivity index (χ3v) is 3.94. The summed E-state index contributed by atoms with van der Waals surface area (Å²) < 4.78 is 13.1. The number of H-pyrrole nitrogens is 1. The molecule has 4 nitrogen and oxygen atoms in total. The quantitative estimate of drug-likeness (QED) is 0.639. The number of para-hydroxylation sites is 1. The predicted octanol–water partition coefficient (Wildman–Crippen LogP) is 3.39. The number of amides is 2. The molecule has 2 amide bonds. The molecular formula is C19H20FN3O. The third kappa shape index (κ3) is 4.13. The largest absolute Gasteiger partial charge is 0.361 e. The molecule has 0 aliphatic carbocycles. The van der Waals surface area contributed by atoms with Gasteiger partial charge < -0.3 is 15.6 Å². The van der Waals surface area contributed by atoms with Gasteiger partial charge in [-0.1, -0.05) is 30.3 Å². The zero-order valence-corrected chi connectivity index (χ0v) is 13.3. The number of nitrogens with one attached hydrogen (secondary N) is 3. The van der Waals surface area contributed by atoms with Crippen LogP contribution in [0.15, 0.2) is 54.7 Å². The molecule has 2 aromatic carbocycles. The van der Waals surface area contributed by atoms with E-state index in [1.807, 2.05) is 30.5 Å². The maximum atomic E-state index is 13.1. The number of hydrogen-bond donors (Lipinski definition) is 3. The summed E-state index contributed by atoms with van der Waals surface area (Å²) in [6, 6.07) is 14.3. The Balaban J connectivity index is 1.40. The average Bonchev–Trinajstić information content (AvgIpc) is 2.98. The van der Waals surface area contributed by atoms with Gasteiger partial charge in [0.25, 0.3) is 0 Å². The summed E-state index contributed by atoms with van der Waals surface area (Å²) in [5.41, 5.74) is 3.16. The number of urea groups is 1. The van der Waals surface area contributed by atoms with Crippen molar-refractivity contribution in [2.75, 3.05) is 13.1 Å². The molecule has 0 fully saturated rings. The second-order valence-corrected chi connectivity index (χ2v) is 5.67. The first-order valence-electron chi connectivity index (χ1n) is 8.03. The summed E-state index contributed by atoms with van der Waals surface area (Å²) in [5, 5.41) is 6.82. The zero-order chi connectivity index (χ0) is 16.8. The highest BCUT2D eigenvalue weighted by Gasteiger charge is 2.04. The first kappa shape index (κ1) is 16.1. The lowest BCUT2D eigenvalue weighted by Crippen LogP contribution is -2.37. The fraction of sp³-hybridized carbons (Fsp3) is 0.211. The van der Waals surface area contributed by atoms with Crippen LogP contribution in [-0.4, -0.2) is 24.1 Å². The highest BCUT2D eigenvalue weighted by Crippen LogP contribution is 2.17. The van der Waals surface area contributed by atoms with Crippen molar-refractivity contribution in [1.82, 2.24) is 15.6 Å². The van der Waals surface area contributed by atoms with Gasteiger partial charge in [-0.25, -0.2) is 9.18 Å². The number of aromatic nitrogens is 1. The second kappa shape index (κ2) is 7.64. The third-order valence-electron chi connectivity index (χ3n) is 3.94. The Bertz CT molecular complexity index is 828. The molecule has 0 saturated carbocycles. The van der Waals surface area contributed by atoms with E-state index in [-0.39, 0.29) is 11.8 Å². The van der Waals surface area contributed by atoms with E-state index in [4.69, 9.17) is 0 Å². The number of fused-ring (bicyclic) bond motifs is 1. The van der Waals surface area contributed by atoms with Gasteiger partial charge in [0, 0.05) is 30.2 Å². The van der Waals surface area contributed by atoms with Gasteiger partial charge in [0.15, 0.2) is 0 Å². The van der Waals surface area contributed by atoms with Gasteiger partial charge in [-0.2, -0.15) is 0 Å². The zero-order valence-electron chi connectivity index (χ0n) is 13.3. The predicted molar refractivity (Wildman–Crippen MR) is 93.5 cm³/mol. The van der Waals surface area contributed by atoms with Crippen LogP contribution in [0.2, 0.25) is 0 Å². The van der Waals surface area contributed by atoms with Crippen LogP contribution >= 0.6 is 0 Å². The van der Waals surface area contributed by atoms with Gasteiger partial charge in [0.2, 0.25) is 0 Å². The normalized spacial score (nSPS) is 10.7. The Kier molecular flexibility index (Phi) is 5.11. The van der Waals surface area contributed by atoms with Crippen molar-refractivity contribution in [3.63, 3.8) is 0 Å². The minimum atomic E-state index is -0.254. The summed E-state index contributed by atoms with van der Waals surface area (Å²) in [4.78, 5) is 15.0. The molecule has 24 heavy (non-hydrogen) atoms. The molecule has 1 aromatic heterocycles. The number of halogens is 1. The Morgan fingerprint density at radius 2 is 1.79 bits per heavy atom. The molecule has 5 heteroatoms. The summed E-state index contributed by atoms with van der Waals surface area (Å²) >= 11 is 0. The summed E-state index contributed by atoms with van der Waals surface area (Å²) in [5.74, 6) is -0.254. The maximum absolute atomic E-state index is 13.1. The van der Waals surface area contributed by atoms with Crippen LogP contribution in [0.25, 0.3) is 10.9 Å². The van der Waals surface area contributed by atoms with Crippen LogP contribution in [0.3, 0.4) is 0 Å². The molecule has 3 N–H and O–H groups in total. The Morgan fingerprint density at radius 3 is 2.62 bits per heavy atom. The van der Waals surface area contributed by atoms with E-state index < -0.39 is 0 Å². The van der Waals surface area contributed by atoms with E-state index in [1.165, 1.54) is 23.1 Å². The SMILES string of the molecule is O=C(NCCc1cccc(F)c1)NCCc1c[nH]c2ccccc12. The van der Waals surface area contributed by atoms with Crippen LogP contribution in [0.5, 0.6) is 0 Å². The first-order valence-corrected chi connectivity index (χ1v) is 8.03. The molecule has 0 unspecified atom stereocenters. The van der Waals surface area contributed by atoms with E-state index in [0.717, 1.165) is 17.5 Å². The van der Waals surface area contributed by atoms with E-state index in [2.05, 4.69) is 21.7 Å². The van der Waals surface area contributed by atoms with Crippen molar-refractivity contribution in [3.05, 3.63) is 71.7 Å². The van der Waals surface area contributed by atoms with Crippen molar-refractivity contribution in [2.24, 2.45) is 0 Å². The van der Waals surface area contributed by atoms with Crippen molar-refractivity contribution in [2.45, 2.75) is 12.8 Å². The van der Waals surface area contributed by atoms with Crippen molar-refractivity contribution >= 4 is 16.9 Å². The van der Waals surface area contributed by atoms with Gasteiger partial charge >= 0.3 is 6.03 Å². The number of carbonyl (C=O) groups excluding carboxylic acids is 1. The highest BCUT2D eigenvalue weighted by atomic mass is 19.1. The Morgan fingerprint density at radius 1 is 1.00 bits per heavy atom. The van der Waals surface area contributed by atoms with E-state index in [0.29, 0.717) is 19.5 Å². The summed E-state index contributed by atoms with van der Waals surface area (Å²) in [6.07, 6.45) is 3.35. The molecule has 0 bridgehead atoms. The minimum Gasteiger partial charge on any atom is -0.361 e. The Labute approximate surface area is 140 Å². The lowest BCUT2D eigenvalue weighted by molar-refractivity contribution is 0.241. The highest BCUT2D eigenvalue weighted by molar-refractivity contribution is 5.83. The lowest BCUT2D eigenvalue weighted by atomic mass is 10.1. The van der Waals surface area contributed by atoms with Gasteiger partial charge in [0.1, 0.15) is 5.82 Å². The molecule has 0 saturated heterocycles. The summed E-state index contributed by atoms with van der Waals surface area (Å²) in [6.45, 7) is 1.04. The van der Waals surface area contributed by atoms with E-state index >= 15 is 0 Å². The van der Waals surface area contributed by atoms with Crippen LogP contribution in [0.1, 0.15) is 11.1 Å².